The maximum absolute atomic E-state index is 10.9. The van der Waals surface area contributed by atoms with Gasteiger partial charge >= 0.3 is 5.97 Å². The van der Waals surface area contributed by atoms with Crippen LogP contribution in [0.25, 0.3) is 0 Å². The molecule has 0 saturated heterocycles. The van der Waals surface area contributed by atoms with E-state index in [1.807, 2.05) is 13.8 Å². The summed E-state index contributed by atoms with van der Waals surface area (Å²) in [5.41, 5.74) is 5.15. The van der Waals surface area contributed by atoms with Crippen LogP contribution in [0, 0.1) is 11.8 Å². The molecule has 5 heteroatoms. The number of nitrogens with two attached hydrogens (primary N) is 1. The van der Waals surface area contributed by atoms with Gasteiger partial charge in [0.05, 0.1) is 12.0 Å². The summed E-state index contributed by atoms with van der Waals surface area (Å²) >= 11 is 0. The molecule has 82 valence electrons. The molecule has 2 atom stereocenters. The normalized spacial score (nSPS) is 15.1. The van der Waals surface area contributed by atoms with E-state index in [1.54, 1.807) is 6.92 Å². The topological polar surface area (TPSA) is 92.4 Å². The zero-order valence-electron chi connectivity index (χ0n) is 8.78. The number of primary amides is 1. The number of aliphatic carboxylic acids is 1. The van der Waals surface area contributed by atoms with Gasteiger partial charge < -0.3 is 16.2 Å². The minimum Gasteiger partial charge on any atom is -0.481 e. The van der Waals surface area contributed by atoms with Crippen molar-refractivity contribution in [3.8, 4) is 0 Å². The third kappa shape index (κ3) is 4.23. The van der Waals surface area contributed by atoms with E-state index in [0.717, 1.165) is 0 Å². The van der Waals surface area contributed by atoms with Crippen LogP contribution in [0.1, 0.15) is 20.8 Å². The Morgan fingerprint density at radius 2 is 1.86 bits per heavy atom. The standard InChI is InChI=1S/C9H18N2O3/c1-5(2)7(8(10)12)11-4-6(3)9(13)14/h5-7,11H,4H2,1-3H3,(H2,10,12)(H,13,14). The minimum atomic E-state index is -0.885. The lowest BCUT2D eigenvalue weighted by Crippen LogP contribution is -2.47. The smallest absolute Gasteiger partial charge is 0.307 e. The van der Waals surface area contributed by atoms with Gasteiger partial charge in [0.1, 0.15) is 0 Å². The summed E-state index contributed by atoms with van der Waals surface area (Å²) in [7, 11) is 0. The van der Waals surface area contributed by atoms with Gasteiger partial charge in [-0.1, -0.05) is 20.8 Å². The van der Waals surface area contributed by atoms with Crippen molar-refractivity contribution in [3.05, 3.63) is 0 Å². The zero-order chi connectivity index (χ0) is 11.3. The Labute approximate surface area is 83.7 Å². The fraction of sp³-hybridized carbons (Fsp3) is 0.778. The van der Waals surface area contributed by atoms with E-state index in [1.165, 1.54) is 0 Å². The highest BCUT2D eigenvalue weighted by Gasteiger charge is 2.20. The van der Waals surface area contributed by atoms with Crippen LogP contribution in [0.15, 0.2) is 0 Å². The van der Waals surface area contributed by atoms with Crippen molar-refractivity contribution in [2.45, 2.75) is 26.8 Å². The van der Waals surface area contributed by atoms with E-state index in [9.17, 15) is 9.59 Å². The lowest BCUT2D eigenvalue weighted by atomic mass is 10.0. The molecule has 4 N–H and O–H groups in total. The monoisotopic (exact) mass is 202 g/mol. The van der Waals surface area contributed by atoms with E-state index in [4.69, 9.17) is 10.8 Å². The lowest BCUT2D eigenvalue weighted by molar-refractivity contribution is -0.141. The molecular formula is C9H18N2O3. The molecule has 14 heavy (non-hydrogen) atoms. The number of carbonyl (C=O) groups is 2. The summed E-state index contributed by atoms with van der Waals surface area (Å²) < 4.78 is 0. The fourth-order valence-electron chi connectivity index (χ4n) is 1.06. The van der Waals surface area contributed by atoms with Crippen LogP contribution in [-0.2, 0) is 9.59 Å². The van der Waals surface area contributed by atoms with Crippen LogP contribution in [0.3, 0.4) is 0 Å². The summed E-state index contributed by atoms with van der Waals surface area (Å²) in [5, 5.41) is 11.5. The molecule has 0 aliphatic heterocycles. The van der Waals surface area contributed by atoms with Gasteiger partial charge in [0.15, 0.2) is 0 Å². The summed E-state index contributed by atoms with van der Waals surface area (Å²) in [6.45, 7) is 5.54. The maximum atomic E-state index is 10.9. The van der Waals surface area contributed by atoms with Crippen molar-refractivity contribution in [1.29, 1.82) is 0 Å². The number of amides is 1. The molecule has 0 bridgehead atoms. The Balaban J connectivity index is 4.07. The van der Waals surface area contributed by atoms with Crippen LogP contribution >= 0.6 is 0 Å². The summed E-state index contributed by atoms with van der Waals surface area (Å²) in [6, 6.07) is -0.461. The Morgan fingerprint density at radius 3 is 2.14 bits per heavy atom. The van der Waals surface area contributed by atoms with Crippen LogP contribution in [0.4, 0.5) is 0 Å². The van der Waals surface area contributed by atoms with E-state index in [0.29, 0.717) is 0 Å². The van der Waals surface area contributed by atoms with Crippen LogP contribution < -0.4 is 11.1 Å². The van der Waals surface area contributed by atoms with Gasteiger partial charge in [-0.15, -0.1) is 0 Å². The first-order valence-electron chi connectivity index (χ1n) is 4.61. The van der Waals surface area contributed by atoms with Crippen LogP contribution in [-0.4, -0.2) is 29.6 Å². The first-order chi connectivity index (χ1) is 6.36. The third-order valence-electron chi connectivity index (χ3n) is 2.04. The Hall–Kier alpha value is -1.10. The second kappa shape index (κ2) is 5.59. The van der Waals surface area contributed by atoms with Gasteiger partial charge in [-0.05, 0) is 5.92 Å². The summed E-state index contributed by atoms with van der Waals surface area (Å²) in [5.74, 6) is -1.79. The highest BCUT2D eigenvalue weighted by Crippen LogP contribution is 2.02. The van der Waals surface area contributed by atoms with Crippen molar-refractivity contribution in [3.63, 3.8) is 0 Å². The maximum Gasteiger partial charge on any atom is 0.307 e. The number of hydrogen-bond donors (Lipinski definition) is 3. The quantitative estimate of drug-likeness (QED) is 0.556. The average Bonchev–Trinajstić information content (AvgIpc) is 2.02. The summed E-state index contributed by atoms with van der Waals surface area (Å²) in [6.07, 6.45) is 0. The Kier molecular flexibility index (Phi) is 5.15. The molecule has 2 unspecified atom stereocenters. The SMILES string of the molecule is CC(CNC(C(N)=O)C(C)C)C(=O)O. The predicted molar refractivity (Wildman–Crippen MR) is 52.6 cm³/mol. The molecule has 0 aromatic carbocycles. The van der Waals surface area contributed by atoms with E-state index in [2.05, 4.69) is 5.32 Å². The largest absolute Gasteiger partial charge is 0.481 e. The van der Waals surface area contributed by atoms with E-state index >= 15 is 0 Å². The molecule has 0 aromatic heterocycles. The number of hydrogen-bond acceptors (Lipinski definition) is 3. The Bertz CT molecular complexity index is 216. The minimum absolute atomic E-state index is 0.0634. The molecule has 0 radical (unpaired) electrons. The van der Waals surface area contributed by atoms with Crippen molar-refractivity contribution in [2.24, 2.45) is 17.6 Å². The molecule has 1 amide bonds. The van der Waals surface area contributed by atoms with Crippen molar-refractivity contribution < 1.29 is 14.7 Å². The van der Waals surface area contributed by atoms with Crippen molar-refractivity contribution in [1.82, 2.24) is 5.32 Å². The first kappa shape index (κ1) is 12.9. The molecule has 0 spiro atoms. The van der Waals surface area contributed by atoms with Crippen LogP contribution in [0.5, 0.6) is 0 Å². The molecule has 0 aliphatic rings. The molecule has 5 nitrogen and oxygen atoms in total. The first-order valence-corrected chi connectivity index (χ1v) is 4.61. The van der Waals surface area contributed by atoms with Gasteiger partial charge in [-0.2, -0.15) is 0 Å². The zero-order valence-corrected chi connectivity index (χ0v) is 8.78. The number of rotatable bonds is 6. The van der Waals surface area contributed by atoms with Gasteiger partial charge in [0.2, 0.25) is 5.91 Å². The second-order valence-corrected chi connectivity index (χ2v) is 3.77. The van der Waals surface area contributed by atoms with Crippen molar-refractivity contribution in [2.75, 3.05) is 6.54 Å². The Morgan fingerprint density at radius 1 is 1.36 bits per heavy atom. The second-order valence-electron chi connectivity index (χ2n) is 3.77. The number of carboxylic acid groups (broad SMARTS) is 1. The van der Waals surface area contributed by atoms with E-state index in [-0.39, 0.29) is 12.5 Å². The fourth-order valence-corrected chi connectivity index (χ4v) is 1.06. The number of nitrogens with one attached hydrogen (secondary N) is 1. The predicted octanol–water partition coefficient (Wildman–Crippen LogP) is -0.193. The third-order valence-corrected chi connectivity index (χ3v) is 2.04. The van der Waals surface area contributed by atoms with Crippen molar-refractivity contribution >= 4 is 11.9 Å². The number of carbonyl (C=O) groups excluding carboxylic acids is 1. The van der Waals surface area contributed by atoms with Gasteiger partial charge in [0, 0.05) is 6.54 Å². The summed E-state index contributed by atoms with van der Waals surface area (Å²) in [4.78, 5) is 21.4. The molecule has 0 fully saturated rings. The molecule has 0 aromatic rings. The molecule has 0 saturated carbocycles. The average molecular weight is 202 g/mol. The molecule has 0 aliphatic carbocycles. The van der Waals surface area contributed by atoms with E-state index < -0.39 is 23.8 Å². The molecule has 0 heterocycles. The highest BCUT2D eigenvalue weighted by molar-refractivity contribution is 5.80. The molecule has 0 rings (SSSR count). The van der Waals surface area contributed by atoms with Gasteiger partial charge in [0.25, 0.3) is 0 Å². The van der Waals surface area contributed by atoms with Gasteiger partial charge in [-0.3, -0.25) is 9.59 Å². The number of carboxylic acids is 1. The molecular weight excluding hydrogens is 184 g/mol. The lowest BCUT2D eigenvalue weighted by Gasteiger charge is -2.20. The highest BCUT2D eigenvalue weighted by atomic mass is 16.4. The van der Waals surface area contributed by atoms with Gasteiger partial charge in [-0.25, -0.2) is 0 Å². The van der Waals surface area contributed by atoms with Crippen LogP contribution in [0.2, 0.25) is 0 Å².